The Kier molecular flexibility index (Phi) is 3.34. The summed E-state index contributed by atoms with van der Waals surface area (Å²) in [5.41, 5.74) is 0.301. The van der Waals surface area contributed by atoms with Crippen LogP contribution in [0.15, 0.2) is 23.2 Å². The molecule has 0 amide bonds. The minimum absolute atomic E-state index is 0.123. The molecule has 0 atom stereocenters. The van der Waals surface area contributed by atoms with Gasteiger partial charge in [-0.1, -0.05) is 0 Å². The first kappa shape index (κ1) is 10.4. The standard InChI is InChI=1S/C10H10FNO2/c1-3-14-10(13)7-4-5-9(12-2)8(11)6-7/h4-6H,2-3H2,1H3. The smallest absolute Gasteiger partial charge is 0.338 e. The first-order valence-electron chi connectivity index (χ1n) is 4.12. The lowest BCUT2D eigenvalue weighted by atomic mass is 10.2. The molecule has 0 unspecified atom stereocenters. The van der Waals surface area contributed by atoms with E-state index in [9.17, 15) is 9.18 Å². The molecular formula is C10H10FNO2. The van der Waals surface area contributed by atoms with Crippen LogP contribution >= 0.6 is 0 Å². The highest BCUT2D eigenvalue weighted by Crippen LogP contribution is 2.18. The van der Waals surface area contributed by atoms with E-state index in [4.69, 9.17) is 4.74 Å². The molecule has 0 N–H and O–H groups in total. The number of halogens is 1. The van der Waals surface area contributed by atoms with Crippen molar-refractivity contribution in [3.05, 3.63) is 29.6 Å². The minimum Gasteiger partial charge on any atom is -0.462 e. The molecule has 0 fully saturated rings. The van der Waals surface area contributed by atoms with Gasteiger partial charge in [0.15, 0.2) is 0 Å². The number of nitrogens with zero attached hydrogens (tertiary/aromatic N) is 1. The van der Waals surface area contributed by atoms with E-state index < -0.39 is 11.8 Å². The Morgan fingerprint density at radius 1 is 1.64 bits per heavy atom. The second-order valence-electron chi connectivity index (χ2n) is 2.54. The van der Waals surface area contributed by atoms with Gasteiger partial charge in [0, 0.05) is 0 Å². The van der Waals surface area contributed by atoms with Crippen molar-refractivity contribution in [3.8, 4) is 0 Å². The Hall–Kier alpha value is -1.71. The van der Waals surface area contributed by atoms with Crippen LogP contribution in [0.25, 0.3) is 0 Å². The van der Waals surface area contributed by atoms with Crippen molar-refractivity contribution in [3.63, 3.8) is 0 Å². The second kappa shape index (κ2) is 4.50. The maximum atomic E-state index is 13.1. The van der Waals surface area contributed by atoms with Crippen LogP contribution in [0.4, 0.5) is 10.1 Å². The van der Waals surface area contributed by atoms with Gasteiger partial charge < -0.3 is 4.74 Å². The van der Waals surface area contributed by atoms with E-state index in [1.54, 1.807) is 6.92 Å². The number of carbonyl (C=O) groups excluding carboxylic acids is 1. The lowest BCUT2D eigenvalue weighted by molar-refractivity contribution is 0.0526. The average molecular weight is 195 g/mol. The zero-order valence-corrected chi connectivity index (χ0v) is 7.79. The van der Waals surface area contributed by atoms with Crippen LogP contribution in [0.2, 0.25) is 0 Å². The van der Waals surface area contributed by atoms with Crippen LogP contribution in [-0.4, -0.2) is 19.3 Å². The molecule has 14 heavy (non-hydrogen) atoms. The normalized spacial score (nSPS) is 9.57. The van der Waals surface area contributed by atoms with Crippen molar-refractivity contribution in [1.82, 2.24) is 0 Å². The number of ether oxygens (including phenoxy) is 1. The van der Waals surface area contributed by atoms with E-state index in [2.05, 4.69) is 11.7 Å². The van der Waals surface area contributed by atoms with Crippen molar-refractivity contribution in [2.45, 2.75) is 6.92 Å². The largest absolute Gasteiger partial charge is 0.462 e. The molecule has 1 aromatic rings. The summed E-state index contributed by atoms with van der Waals surface area (Å²) >= 11 is 0. The van der Waals surface area contributed by atoms with Crippen molar-refractivity contribution in [1.29, 1.82) is 0 Å². The Labute approximate surface area is 81.2 Å². The van der Waals surface area contributed by atoms with E-state index in [1.165, 1.54) is 12.1 Å². The van der Waals surface area contributed by atoms with Crippen molar-refractivity contribution in [2.75, 3.05) is 6.61 Å². The molecule has 0 spiro atoms. The molecule has 0 radical (unpaired) electrons. The summed E-state index contributed by atoms with van der Waals surface area (Å²) in [6.07, 6.45) is 0. The summed E-state index contributed by atoms with van der Waals surface area (Å²) in [6, 6.07) is 3.92. The number of benzene rings is 1. The SMILES string of the molecule is C=Nc1ccc(C(=O)OCC)cc1F. The van der Waals surface area contributed by atoms with E-state index in [0.717, 1.165) is 6.07 Å². The predicted octanol–water partition coefficient (Wildman–Crippen LogP) is 2.33. The van der Waals surface area contributed by atoms with Gasteiger partial charge in [0.2, 0.25) is 0 Å². The van der Waals surface area contributed by atoms with Gasteiger partial charge >= 0.3 is 5.97 Å². The fourth-order valence-electron chi connectivity index (χ4n) is 0.977. The molecule has 0 saturated heterocycles. The van der Waals surface area contributed by atoms with Crippen LogP contribution in [0.3, 0.4) is 0 Å². The lowest BCUT2D eigenvalue weighted by Gasteiger charge is -2.02. The van der Waals surface area contributed by atoms with Crippen LogP contribution in [-0.2, 0) is 4.74 Å². The number of hydrogen-bond acceptors (Lipinski definition) is 3. The van der Waals surface area contributed by atoms with E-state index in [-0.39, 0.29) is 17.9 Å². The molecule has 1 aromatic carbocycles. The van der Waals surface area contributed by atoms with Gasteiger partial charge in [-0.05, 0) is 31.8 Å². The average Bonchev–Trinajstić information content (AvgIpc) is 2.18. The molecule has 0 saturated carbocycles. The van der Waals surface area contributed by atoms with Crippen molar-refractivity contribution < 1.29 is 13.9 Å². The maximum Gasteiger partial charge on any atom is 0.338 e. The molecule has 0 bridgehead atoms. The Morgan fingerprint density at radius 2 is 2.36 bits per heavy atom. The van der Waals surface area contributed by atoms with Gasteiger partial charge in [0.1, 0.15) is 5.82 Å². The van der Waals surface area contributed by atoms with Crippen molar-refractivity contribution in [2.24, 2.45) is 4.99 Å². The molecule has 0 aliphatic carbocycles. The Balaban J connectivity index is 2.96. The summed E-state index contributed by atoms with van der Waals surface area (Å²) in [4.78, 5) is 14.6. The molecule has 0 aliphatic rings. The highest BCUT2D eigenvalue weighted by molar-refractivity contribution is 5.89. The monoisotopic (exact) mass is 195 g/mol. The first-order valence-corrected chi connectivity index (χ1v) is 4.12. The predicted molar refractivity (Wildman–Crippen MR) is 51.6 cm³/mol. The fourth-order valence-corrected chi connectivity index (χ4v) is 0.977. The highest BCUT2D eigenvalue weighted by Gasteiger charge is 2.09. The van der Waals surface area contributed by atoms with Gasteiger partial charge in [-0.3, -0.25) is 4.99 Å². The van der Waals surface area contributed by atoms with Gasteiger partial charge in [-0.25, -0.2) is 9.18 Å². The Morgan fingerprint density at radius 3 is 2.86 bits per heavy atom. The number of esters is 1. The molecule has 3 nitrogen and oxygen atoms in total. The first-order chi connectivity index (χ1) is 6.69. The van der Waals surface area contributed by atoms with Gasteiger partial charge in [-0.15, -0.1) is 0 Å². The molecule has 0 heterocycles. The van der Waals surface area contributed by atoms with Crippen molar-refractivity contribution >= 4 is 18.4 Å². The topological polar surface area (TPSA) is 38.7 Å². The highest BCUT2D eigenvalue weighted by atomic mass is 19.1. The summed E-state index contributed by atoms with van der Waals surface area (Å²) in [6.45, 7) is 5.15. The molecule has 74 valence electrons. The summed E-state index contributed by atoms with van der Waals surface area (Å²) < 4.78 is 17.8. The molecule has 4 heteroatoms. The number of hydrogen-bond donors (Lipinski definition) is 0. The second-order valence-corrected chi connectivity index (χ2v) is 2.54. The van der Waals surface area contributed by atoms with Crippen LogP contribution in [0.5, 0.6) is 0 Å². The summed E-state index contributed by atoms with van der Waals surface area (Å²) in [5.74, 6) is -1.12. The minimum atomic E-state index is -0.578. The third kappa shape index (κ3) is 2.16. The fraction of sp³-hybridized carbons (Fsp3) is 0.200. The molecule has 1 rings (SSSR count). The van der Waals surface area contributed by atoms with E-state index in [1.807, 2.05) is 0 Å². The van der Waals surface area contributed by atoms with E-state index in [0.29, 0.717) is 0 Å². The molecule has 0 aromatic heterocycles. The lowest BCUT2D eigenvalue weighted by Crippen LogP contribution is -2.04. The third-order valence-corrected chi connectivity index (χ3v) is 1.63. The number of aliphatic imine (C=N–C) groups is 1. The van der Waals surface area contributed by atoms with Crippen LogP contribution < -0.4 is 0 Å². The Bertz CT molecular complexity index is 363. The summed E-state index contributed by atoms with van der Waals surface area (Å²) in [5, 5.41) is 0. The molecular weight excluding hydrogens is 185 g/mol. The zero-order valence-electron chi connectivity index (χ0n) is 7.79. The van der Waals surface area contributed by atoms with Gasteiger partial charge in [0.25, 0.3) is 0 Å². The maximum absolute atomic E-state index is 13.1. The zero-order chi connectivity index (χ0) is 10.6. The van der Waals surface area contributed by atoms with Crippen LogP contribution in [0, 0.1) is 5.82 Å². The third-order valence-electron chi connectivity index (χ3n) is 1.63. The number of rotatable bonds is 3. The summed E-state index contributed by atoms with van der Waals surface area (Å²) in [7, 11) is 0. The quantitative estimate of drug-likeness (QED) is 0.548. The van der Waals surface area contributed by atoms with Gasteiger partial charge in [-0.2, -0.15) is 0 Å². The number of carbonyl (C=O) groups is 1. The molecule has 0 aliphatic heterocycles. The van der Waals surface area contributed by atoms with E-state index >= 15 is 0 Å². The van der Waals surface area contributed by atoms with Crippen LogP contribution in [0.1, 0.15) is 17.3 Å². The van der Waals surface area contributed by atoms with Gasteiger partial charge in [0.05, 0.1) is 17.9 Å².